The lowest BCUT2D eigenvalue weighted by Crippen LogP contribution is -2.43. The Morgan fingerprint density at radius 3 is 2.77 bits per heavy atom. The molecule has 1 aromatic carbocycles. The van der Waals surface area contributed by atoms with Gasteiger partial charge in [0.2, 0.25) is 0 Å². The van der Waals surface area contributed by atoms with E-state index in [1.165, 1.54) is 6.42 Å². The van der Waals surface area contributed by atoms with Gasteiger partial charge in [-0.15, -0.1) is 0 Å². The molecular formula is C17H18N2O3. The van der Waals surface area contributed by atoms with Crippen molar-refractivity contribution in [3.63, 3.8) is 0 Å². The number of carbonyl (C=O) groups is 1. The number of fused-ring (bicyclic) bond motifs is 2. The maximum absolute atomic E-state index is 12.3. The summed E-state index contributed by atoms with van der Waals surface area (Å²) >= 11 is 0. The van der Waals surface area contributed by atoms with Gasteiger partial charge in [-0.05, 0) is 37.1 Å². The topological polar surface area (TPSA) is 54.7 Å². The van der Waals surface area contributed by atoms with E-state index in [2.05, 4.69) is 10.2 Å². The number of rotatable bonds is 4. The van der Waals surface area contributed by atoms with Crippen LogP contribution in [0.4, 0.5) is 0 Å². The second-order valence-corrected chi connectivity index (χ2v) is 5.92. The van der Waals surface area contributed by atoms with Crippen LogP contribution in [0, 0.1) is 5.92 Å². The third-order valence-electron chi connectivity index (χ3n) is 4.42. The molecule has 0 aliphatic carbocycles. The molecule has 0 radical (unpaired) electrons. The average Bonchev–Trinajstić information content (AvgIpc) is 3.24. The number of amides is 1. The third-order valence-corrected chi connectivity index (χ3v) is 4.42. The first kappa shape index (κ1) is 13.4. The maximum Gasteiger partial charge on any atom is 0.290 e. The predicted octanol–water partition coefficient (Wildman–Crippen LogP) is 2.51. The van der Waals surface area contributed by atoms with Crippen LogP contribution in [0.1, 0.15) is 17.0 Å². The number of hydrogen-bond acceptors (Lipinski definition) is 4. The highest BCUT2D eigenvalue weighted by molar-refractivity contribution is 5.91. The standard InChI is InChI=1S/C17H18N2O3/c20-17(18-14-11-19-9-8-12(14)10-19)15-6-7-16(22-15)21-13-4-2-1-3-5-13/h1-7,12,14H,8-11H2,(H,18,20). The number of para-hydroxylation sites is 1. The number of ether oxygens (including phenoxy) is 1. The smallest absolute Gasteiger partial charge is 0.290 e. The number of carbonyl (C=O) groups excluding carboxylic acids is 1. The summed E-state index contributed by atoms with van der Waals surface area (Å²) in [6.45, 7) is 3.21. The first-order valence-corrected chi connectivity index (χ1v) is 7.64. The second-order valence-electron chi connectivity index (χ2n) is 5.92. The number of hydrogen-bond donors (Lipinski definition) is 1. The predicted molar refractivity (Wildman–Crippen MR) is 81.0 cm³/mol. The molecule has 0 spiro atoms. The molecule has 2 bridgehead atoms. The van der Waals surface area contributed by atoms with Gasteiger partial charge in [0.15, 0.2) is 5.76 Å². The number of nitrogens with one attached hydrogen (secondary N) is 1. The number of piperidine rings is 1. The van der Waals surface area contributed by atoms with Gasteiger partial charge in [0.05, 0.1) is 0 Å². The monoisotopic (exact) mass is 298 g/mol. The van der Waals surface area contributed by atoms with Crippen molar-refractivity contribution < 1.29 is 13.9 Å². The van der Waals surface area contributed by atoms with Crippen molar-refractivity contribution in [2.24, 2.45) is 5.92 Å². The van der Waals surface area contributed by atoms with Crippen LogP contribution in [0.2, 0.25) is 0 Å². The summed E-state index contributed by atoms with van der Waals surface area (Å²) in [6, 6.07) is 12.9. The summed E-state index contributed by atoms with van der Waals surface area (Å²) in [5, 5.41) is 3.07. The Morgan fingerprint density at radius 2 is 2.05 bits per heavy atom. The molecule has 1 N–H and O–H groups in total. The minimum Gasteiger partial charge on any atom is -0.426 e. The zero-order valence-electron chi connectivity index (χ0n) is 12.2. The fourth-order valence-corrected chi connectivity index (χ4v) is 3.29. The van der Waals surface area contributed by atoms with Crippen LogP contribution >= 0.6 is 0 Å². The van der Waals surface area contributed by atoms with E-state index < -0.39 is 0 Å². The molecule has 5 heteroatoms. The van der Waals surface area contributed by atoms with E-state index >= 15 is 0 Å². The SMILES string of the molecule is O=C(NC1CN2CCC1C2)c1ccc(Oc2ccccc2)o1. The van der Waals surface area contributed by atoms with Crippen LogP contribution in [0.15, 0.2) is 46.9 Å². The lowest BCUT2D eigenvalue weighted by Gasteiger charge is -2.22. The first-order valence-electron chi connectivity index (χ1n) is 7.64. The Bertz CT molecular complexity index is 668. The molecule has 4 rings (SSSR count). The Hall–Kier alpha value is -2.27. The Morgan fingerprint density at radius 1 is 1.18 bits per heavy atom. The average molecular weight is 298 g/mol. The van der Waals surface area contributed by atoms with Gasteiger partial charge in [0.25, 0.3) is 11.9 Å². The molecule has 2 aliphatic heterocycles. The molecule has 2 aliphatic rings. The van der Waals surface area contributed by atoms with E-state index in [4.69, 9.17) is 9.15 Å². The van der Waals surface area contributed by atoms with Gasteiger partial charge in [0, 0.05) is 25.2 Å². The highest BCUT2D eigenvalue weighted by Crippen LogP contribution is 2.28. The number of nitrogens with zero attached hydrogens (tertiary/aromatic N) is 1. The minimum atomic E-state index is -0.165. The van der Waals surface area contributed by atoms with E-state index in [0.717, 1.165) is 19.6 Å². The van der Waals surface area contributed by atoms with Crippen LogP contribution in [-0.4, -0.2) is 36.5 Å². The lowest BCUT2D eigenvalue weighted by molar-refractivity contribution is 0.0891. The van der Waals surface area contributed by atoms with Crippen molar-refractivity contribution in [1.82, 2.24) is 10.2 Å². The van der Waals surface area contributed by atoms with Gasteiger partial charge in [-0.2, -0.15) is 0 Å². The summed E-state index contributed by atoms with van der Waals surface area (Å²) in [5.41, 5.74) is 0. The lowest BCUT2D eigenvalue weighted by atomic mass is 10.00. The molecule has 1 amide bonds. The second kappa shape index (κ2) is 5.50. The van der Waals surface area contributed by atoms with Gasteiger partial charge < -0.3 is 19.4 Å². The molecule has 5 nitrogen and oxygen atoms in total. The van der Waals surface area contributed by atoms with Gasteiger partial charge in [0.1, 0.15) is 5.75 Å². The molecule has 0 saturated carbocycles. The van der Waals surface area contributed by atoms with Gasteiger partial charge in [-0.3, -0.25) is 4.79 Å². The normalized spacial score (nSPS) is 26.1. The van der Waals surface area contributed by atoms with E-state index in [1.54, 1.807) is 12.1 Å². The van der Waals surface area contributed by atoms with Crippen molar-refractivity contribution in [3.8, 4) is 11.7 Å². The van der Waals surface area contributed by atoms with Crippen LogP contribution in [0.25, 0.3) is 0 Å². The Balaban J connectivity index is 1.39. The fraction of sp³-hybridized carbons (Fsp3) is 0.353. The number of furan rings is 1. The first-order chi connectivity index (χ1) is 10.8. The number of benzene rings is 1. The molecule has 114 valence electrons. The van der Waals surface area contributed by atoms with Crippen LogP contribution in [0.5, 0.6) is 11.7 Å². The molecule has 2 fully saturated rings. The van der Waals surface area contributed by atoms with E-state index in [-0.39, 0.29) is 11.9 Å². The van der Waals surface area contributed by atoms with Crippen molar-refractivity contribution in [2.75, 3.05) is 19.6 Å². The zero-order chi connectivity index (χ0) is 14.9. The summed E-state index contributed by atoms with van der Waals surface area (Å²) in [4.78, 5) is 14.7. The molecular weight excluding hydrogens is 280 g/mol. The van der Waals surface area contributed by atoms with Gasteiger partial charge in [-0.25, -0.2) is 0 Å². The summed E-state index contributed by atoms with van der Waals surface area (Å²) in [6.07, 6.45) is 1.17. The third kappa shape index (κ3) is 2.60. The Labute approximate surface area is 128 Å². The molecule has 2 saturated heterocycles. The van der Waals surface area contributed by atoms with E-state index in [9.17, 15) is 4.79 Å². The zero-order valence-corrected chi connectivity index (χ0v) is 12.2. The molecule has 3 heterocycles. The van der Waals surface area contributed by atoms with Crippen molar-refractivity contribution >= 4 is 5.91 Å². The quantitative estimate of drug-likeness (QED) is 0.942. The maximum atomic E-state index is 12.3. The van der Waals surface area contributed by atoms with Crippen molar-refractivity contribution in [2.45, 2.75) is 12.5 Å². The molecule has 2 aromatic rings. The van der Waals surface area contributed by atoms with Crippen molar-refractivity contribution in [1.29, 1.82) is 0 Å². The van der Waals surface area contributed by atoms with Gasteiger partial charge in [-0.1, -0.05) is 18.2 Å². The van der Waals surface area contributed by atoms with E-state index in [0.29, 0.717) is 23.4 Å². The largest absolute Gasteiger partial charge is 0.426 e. The van der Waals surface area contributed by atoms with Crippen LogP contribution in [-0.2, 0) is 0 Å². The molecule has 3 atom stereocenters. The van der Waals surface area contributed by atoms with Gasteiger partial charge >= 0.3 is 0 Å². The fourth-order valence-electron chi connectivity index (χ4n) is 3.29. The van der Waals surface area contributed by atoms with Crippen LogP contribution < -0.4 is 10.1 Å². The van der Waals surface area contributed by atoms with E-state index in [1.807, 2.05) is 30.3 Å². The summed E-state index contributed by atoms with van der Waals surface area (Å²) < 4.78 is 11.1. The summed E-state index contributed by atoms with van der Waals surface area (Å²) in [5.74, 6) is 1.72. The highest BCUT2D eigenvalue weighted by Gasteiger charge is 2.38. The summed E-state index contributed by atoms with van der Waals surface area (Å²) in [7, 11) is 0. The minimum absolute atomic E-state index is 0.165. The van der Waals surface area contributed by atoms with Crippen LogP contribution in [0.3, 0.4) is 0 Å². The highest BCUT2D eigenvalue weighted by atomic mass is 16.6. The molecule has 3 unspecified atom stereocenters. The van der Waals surface area contributed by atoms with Crippen molar-refractivity contribution in [3.05, 3.63) is 48.2 Å². The molecule has 22 heavy (non-hydrogen) atoms. The molecule has 1 aromatic heterocycles. The Kier molecular flexibility index (Phi) is 3.35.